The van der Waals surface area contributed by atoms with E-state index in [1.165, 1.54) is 0 Å². The van der Waals surface area contributed by atoms with E-state index < -0.39 is 30.0 Å². The van der Waals surface area contributed by atoms with Crippen molar-refractivity contribution in [2.24, 2.45) is 0 Å². The van der Waals surface area contributed by atoms with E-state index in [1.807, 2.05) is 48.5 Å². The van der Waals surface area contributed by atoms with Gasteiger partial charge in [-0.2, -0.15) is 9.69 Å². The van der Waals surface area contributed by atoms with Gasteiger partial charge in [-0.05, 0) is 41.2 Å². The van der Waals surface area contributed by atoms with Crippen molar-refractivity contribution in [2.45, 2.75) is 38.3 Å². The Morgan fingerprint density at radius 3 is 2.05 bits per heavy atom. The van der Waals surface area contributed by atoms with Crippen LogP contribution in [0.4, 0.5) is 9.59 Å². The number of amides is 2. The summed E-state index contributed by atoms with van der Waals surface area (Å²) in [4.78, 5) is 55.1. The number of nitrogens with zero attached hydrogens (tertiary/aromatic N) is 3. The molecular weight excluding hydrogens is 526 g/mol. The molecule has 0 spiro atoms. The van der Waals surface area contributed by atoms with Crippen molar-refractivity contribution in [3.05, 3.63) is 101 Å². The van der Waals surface area contributed by atoms with Gasteiger partial charge in [-0.15, -0.1) is 0 Å². The Balaban J connectivity index is 1.59. The predicted molar refractivity (Wildman–Crippen MR) is 148 cm³/mol. The van der Waals surface area contributed by atoms with E-state index in [9.17, 15) is 19.2 Å². The molecule has 41 heavy (non-hydrogen) atoms. The van der Waals surface area contributed by atoms with Crippen LogP contribution in [0, 0.1) is 0 Å². The lowest BCUT2D eigenvalue weighted by molar-refractivity contribution is -0.148. The van der Waals surface area contributed by atoms with Gasteiger partial charge in [0.1, 0.15) is 19.3 Å². The summed E-state index contributed by atoms with van der Waals surface area (Å²) in [6.45, 7) is 1.27. The van der Waals surface area contributed by atoms with Crippen LogP contribution in [0.5, 0.6) is 0 Å². The zero-order valence-corrected chi connectivity index (χ0v) is 22.5. The number of Topliss-reactive ketones (excluding diaryl/α,β-unsaturated/α-hetero) is 1. The van der Waals surface area contributed by atoms with E-state index in [0.717, 1.165) is 22.3 Å². The van der Waals surface area contributed by atoms with E-state index in [1.54, 1.807) is 37.3 Å². The zero-order chi connectivity index (χ0) is 29.2. The lowest BCUT2D eigenvalue weighted by Crippen LogP contribution is -2.50. The first kappa shape index (κ1) is 28.9. The van der Waals surface area contributed by atoms with E-state index in [0.29, 0.717) is 16.7 Å². The maximum absolute atomic E-state index is 13.5. The van der Waals surface area contributed by atoms with Gasteiger partial charge >= 0.3 is 24.4 Å². The van der Waals surface area contributed by atoms with Gasteiger partial charge in [0.15, 0.2) is 0 Å². The Morgan fingerprint density at radius 2 is 1.44 bits per heavy atom. The topological polar surface area (TPSA) is 136 Å². The van der Waals surface area contributed by atoms with Gasteiger partial charge in [-0.1, -0.05) is 78.9 Å². The van der Waals surface area contributed by atoms with E-state index in [4.69, 9.17) is 19.7 Å². The first-order valence-electron chi connectivity index (χ1n) is 13.2. The van der Waals surface area contributed by atoms with Crippen LogP contribution in [-0.4, -0.2) is 59.1 Å². The van der Waals surface area contributed by atoms with Crippen molar-refractivity contribution < 1.29 is 38.2 Å². The minimum absolute atomic E-state index is 0.0288. The second-order valence-electron chi connectivity index (χ2n) is 9.23. The van der Waals surface area contributed by atoms with Crippen molar-refractivity contribution in [1.82, 2.24) is 4.90 Å². The number of ether oxygens (including phenoxy) is 3. The molecule has 0 heterocycles. The van der Waals surface area contributed by atoms with Gasteiger partial charge in [0.25, 0.3) is 0 Å². The Kier molecular flexibility index (Phi) is 9.75. The van der Waals surface area contributed by atoms with Crippen molar-refractivity contribution in [2.75, 3.05) is 13.2 Å². The summed E-state index contributed by atoms with van der Waals surface area (Å²) in [6.07, 6.45) is -2.19. The summed E-state index contributed by atoms with van der Waals surface area (Å²) in [5, 5.41) is 0. The molecule has 1 atom stereocenters. The number of ketones is 1. The van der Waals surface area contributed by atoms with Crippen LogP contribution in [0.1, 0.15) is 42.4 Å². The second kappa shape index (κ2) is 13.8. The second-order valence-corrected chi connectivity index (χ2v) is 9.23. The molecule has 10 nitrogen and oxygen atoms in total. The van der Waals surface area contributed by atoms with E-state index >= 15 is 0 Å². The Morgan fingerprint density at radius 1 is 0.854 bits per heavy atom. The van der Waals surface area contributed by atoms with Crippen LogP contribution in [0.2, 0.25) is 0 Å². The number of esters is 1. The fourth-order valence-corrected chi connectivity index (χ4v) is 4.78. The number of fused-ring (bicyclic) bond motifs is 3. The average Bonchev–Trinajstić information content (AvgIpc) is 3.31. The highest BCUT2D eigenvalue weighted by molar-refractivity contribution is 6.25. The van der Waals surface area contributed by atoms with Crippen LogP contribution in [0.15, 0.2) is 78.9 Å². The zero-order valence-electron chi connectivity index (χ0n) is 22.5. The Bertz CT molecular complexity index is 1420. The third-order valence-corrected chi connectivity index (χ3v) is 6.67. The number of hydrogen-bond donors (Lipinski definition) is 0. The molecule has 0 saturated heterocycles. The van der Waals surface area contributed by atoms with Crippen LogP contribution < -0.4 is 0 Å². The number of rotatable bonds is 11. The summed E-state index contributed by atoms with van der Waals surface area (Å²) < 4.78 is 16.2. The highest BCUT2D eigenvalue weighted by Crippen LogP contribution is 2.44. The summed E-state index contributed by atoms with van der Waals surface area (Å²) in [5.41, 5.74) is 13.3. The Hall–Kier alpha value is -5.08. The summed E-state index contributed by atoms with van der Waals surface area (Å²) in [6, 6.07) is 22.8. The minimum Gasteiger partial charge on any atom is -0.464 e. The van der Waals surface area contributed by atoms with Crippen molar-refractivity contribution in [3.8, 4) is 11.1 Å². The first-order valence-corrected chi connectivity index (χ1v) is 13.2. The molecule has 0 saturated carbocycles. The molecule has 210 valence electrons. The van der Waals surface area contributed by atoms with Gasteiger partial charge in [-0.3, -0.25) is 4.79 Å². The molecule has 0 bridgehead atoms. The van der Waals surface area contributed by atoms with Crippen molar-refractivity contribution >= 4 is 30.2 Å². The third-order valence-electron chi connectivity index (χ3n) is 6.67. The molecular formula is C31H29N3O7. The lowest BCUT2D eigenvalue weighted by atomic mass is 9.98. The largest absolute Gasteiger partial charge is 0.464 e. The molecule has 0 N–H and O–H groups in total. The molecule has 0 aliphatic heterocycles. The maximum atomic E-state index is 13.5. The number of imide groups is 1. The molecule has 1 aliphatic rings. The van der Waals surface area contributed by atoms with Gasteiger partial charge in [0, 0.05) is 12.3 Å². The van der Waals surface area contributed by atoms with Crippen molar-refractivity contribution in [3.63, 3.8) is 0 Å². The number of hydrogen-bond acceptors (Lipinski definition) is 7. The lowest BCUT2D eigenvalue weighted by Gasteiger charge is -2.27. The highest BCUT2D eigenvalue weighted by atomic mass is 16.6. The molecule has 2 amide bonds. The number of carbonyl (C=O) groups is 4. The quantitative estimate of drug-likeness (QED) is 0.105. The minimum atomic E-state index is -1.52. The van der Waals surface area contributed by atoms with Crippen molar-refractivity contribution in [1.29, 1.82) is 0 Å². The van der Waals surface area contributed by atoms with Crippen LogP contribution in [-0.2, 0) is 30.4 Å². The number of carbonyl (C=O) groups excluding carboxylic acids is 4. The summed E-state index contributed by atoms with van der Waals surface area (Å²) >= 11 is 0. The highest BCUT2D eigenvalue weighted by Gasteiger charge is 2.39. The predicted octanol–water partition coefficient (Wildman–Crippen LogP) is 5.16. The molecule has 4 rings (SSSR count). The summed E-state index contributed by atoms with van der Waals surface area (Å²) in [5.74, 6) is -1.82. The molecule has 1 aliphatic carbocycles. The van der Waals surface area contributed by atoms with Gasteiger partial charge in [0.05, 0.1) is 6.61 Å². The van der Waals surface area contributed by atoms with E-state index in [2.05, 4.69) is 4.79 Å². The maximum Gasteiger partial charge on any atom is 0.420 e. The third kappa shape index (κ3) is 6.93. The van der Waals surface area contributed by atoms with Crippen LogP contribution in [0.3, 0.4) is 0 Å². The SMILES string of the molecule is CCOC(=O)[C@H](CCC(=O)C=[N+]=[N-])N(C(=O)OCc1ccccc1)C(=O)OCC1c2ccccc2-c2ccccc21. The normalized spacial score (nSPS) is 12.2. The van der Waals surface area contributed by atoms with E-state index in [-0.39, 0.29) is 38.6 Å². The fourth-order valence-electron chi connectivity index (χ4n) is 4.78. The fraction of sp³-hybridized carbons (Fsp3) is 0.258. The first-order chi connectivity index (χ1) is 19.9. The molecule has 0 unspecified atom stereocenters. The number of benzene rings is 3. The standard InChI is InChI=1S/C31H29N3O7/c1-2-39-29(36)28(17-16-22(35)18-33-32)34(30(37)40-19-21-10-4-3-5-11-21)31(38)41-20-27-25-14-8-6-12-23(25)24-13-7-9-15-26(24)27/h3-15,18,27-28H,2,16-17,19-20H2,1H3/t28-/m0/s1. The molecule has 0 fully saturated rings. The van der Waals surface area contributed by atoms with Gasteiger partial charge in [0.2, 0.25) is 5.78 Å². The molecule has 0 aromatic heterocycles. The molecule has 3 aromatic carbocycles. The average molecular weight is 556 g/mol. The molecule has 0 radical (unpaired) electrons. The summed E-state index contributed by atoms with van der Waals surface area (Å²) in [7, 11) is 0. The van der Waals surface area contributed by atoms with Crippen LogP contribution >= 0.6 is 0 Å². The molecule has 10 heteroatoms. The van der Waals surface area contributed by atoms with Gasteiger partial charge < -0.3 is 19.7 Å². The monoisotopic (exact) mass is 555 g/mol. The van der Waals surface area contributed by atoms with Crippen LogP contribution in [0.25, 0.3) is 16.7 Å². The molecule has 3 aromatic rings. The Labute approximate surface area is 237 Å². The van der Waals surface area contributed by atoms with Gasteiger partial charge in [-0.25, -0.2) is 14.4 Å². The smallest absolute Gasteiger partial charge is 0.420 e.